The van der Waals surface area contributed by atoms with Crippen LogP contribution in [0.5, 0.6) is 0 Å². The van der Waals surface area contributed by atoms with Crippen molar-refractivity contribution < 1.29 is 0 Å². The van der Waals surface area contributed by atoms with Crippen LogP contribution in [0.4, 0.5) is 5.82 Å². The minimum Gasteiger partial charge on any atom is -0.383 e. The fourth-order valence-corrected chi connectivity index (χ4v) is 4.31. The van der Waals surface area contributed by atoms with E-state index in [9.17, 15) is 0 Å². The van der Waals surface area contributed by atoms with Gasteiger partial charge in [0.2, 0.25) is 0 Å². The first kappa shape index (κ1) is 17.0. The summed E-state index contributed by atoms with van der Waals surface area (Å²) in [6, 6.07) is 11.3. The minimum absolute atomic E-state index is 0.413. The predicted octanol–water partition coefficient (Wildman–Crippen LogP) is 5.04. The number of allylic oxidation sites excluding steroid dienone is 4. The van der Waals surface area contributed by atoms with Crippen LogP contribution in [0.25, 0.3) is 11.1 Å². The van der Waals surface area contributed by atoms with Gasteiger partial charge in [0.25, 0.3) is 0 Å². The molecule has 3 nitrogen and oxygen atoms in total. The lowest BCUT2D eigenvalue weighted by molar-refractivity contribution is 0.723. The van der Waals surface area contributed by atoms with Gasteiger partial charge < -0.3 is 11.5 Å². The van der Waals surface area contributed by atoms with Crippen molar-refractivity contribution in [1.82, 2.24) is 4.98 Å². The molecule has 134 valence electrons. The third kappa shape index (κ3) is 3.32. The standard InChI is InChI=1S/C23H27N3/c24-14-19-13-20(15-26-23(19)25)22-11-4-3-10-21(22)18-9-5-8-17(12-18)16-6-1-2-7-16/h4-5,8-9,11-13,15-16H,1-3,6-7,10,14,24H2,(H2,25,26). The molecule has 0 bridgehead atoms. The van der Waals surface area contributed by atoms with Crippen LogP contribution in [0.3, 0.4) is 0 Å². The summed E-state index contributed by atoms with van der Waals surface area (Å²) in [5, 5.41) is 0. The first-order valence-corrected chi connectivity index (χ1v) is 9.71. The van der Waals surface area contributed by atoms with E-state index in [0.29, 0.717) is 12.4 Å². The van der Waals surface area contributed by atoms with Crippen molar-refractivity contribution in [3.05, 3.63) is 70.9 Å². The van der Waals surface area contributed by atoms with Gasteiger partial charge in [-0.25, -0.2) is 4.98 Å². The van der Waals surface area contributed by atoms with E-state index in [0.717, 1.165) is 29.9 Å². The lowest BCUT2D eigenvalue weighted by Crippen LogP contribution is -2.05. The number of nitrogens with two attached hydrogens (primary N) is 2. The largest absolute Gasteiger partial charge is 0.383 e. The smallest absolute Gasteiger partial charge is 0.127 e. The Balaban J connectivity index is 1.77. The van der Waals surface area contributed by atoms with Crippen molar-refractivity contribution in [2.24, 2.45) is 5.73 Å². The Morgan fingerprint density at radius 3 is 2.73 bits per heavy atom. The SMILES string of the molecule is NCc1cc(C2=C(c3cccc(C4CCCC4)c3)CCC=C2)cnc1N. The van der Waals surface area contributed by atoms with Crippen LogP contribution in [-0.4, -0.2) is 4.98 Å². The second-order valence-electron chi connectivity index (χ2n) is 7.41. The Kier molecular flexibility index (Phi) is 4.89. The molecule has 0 atom stereocenters. The molecule has 0 amide bonds. The highest BCUT2D eigenvalue weighted by Gasteiger charge is 2.19. The molecule has 1 fully saturated rings. The van der Waals surface area contributed by atoms with Crippen molar-refractivity contribution in [2.45, 2.75) is 51.0 Å². The van der Waals surface area contributed by atoms with Crippen LogP contribution in [0, 0.1) is 0 Å². The van der Waals surface area contributed by atoms with E-state index < -0.39 is 0 Å². The third-order valence-electron chi connectivity index (χ3n) is 5.76. The van der Waals surface area contributed by atoms with Gasteiger partial charge in [-0.05, 0) is 59.9 Å². The normalized spacial score (nSPS) is 17.9. The monoisotopic (exact) mass is 345 g/mol. The molecule has 1 heterocycles. The van der Waals surface area contributed by atoms with Gasteiger partial charge >= 0.3 is 0 Å². The van der Waals surface area contributed by atoms with E-state index >= 15 is 0 Å². The Morgan fingerprint density at radius 2 is 1.92 bits per heavy atom. The van der Waals surface area contributed by atoms with Crippen molar-refractivity contribution in [3.63, 3.8) is 0 Å². The Bertz CT molecular complexity index is 858. The van der Waals surface area contributed by atoms with E-state index in [4.69, 9.17) is 11.5 Å². The zero-order valence-electron chi connectivity index (χ0n) is 15.2. The molecule has 1 aromatic carbocycles. The van der Waals surface area contributed by atoms with E-state index in [1.54, 1.807) is 0 Å². The van der Waals surface area contributed by atoms with Gasteiger partial charge in [0, 0.05) is 23.9 Å². The fourth-order valence-electron chi connectivity index (χ4n) is 4.31. The van der Waals surface area contributed by atoms with Gasteiger partial charge in [0.05, 0.1) is 0 Å². The quantitative estimate of drug-likeness (QED) is 0.816. The fraction of sp³-hybridized carbons (Fsp3) is 0.348. The molecule has 0 aliphatic heterocycles. The number of nitrogen functional groups attached to an aromatic ring is 1. The van der Waals surface area contributed by atoms with Crippen LogP contribution in [0.2, 0.25) is 0 Å². The van der Waals surface area contributed by atoms with Crippen molar-refractivity contribution in [1.29, 1.82) is 0 Å². The molecule has 0 spiro atoms. The number of hydrogen-bond donors (Lipinski definition) is 2. The summed E-state index contributed by atoms with van der Waals surface area (Å²) in [6.07, 6.45) is 13.9. The Hall–Kier alpha value is -2.39. The summed E-state index contributed by atoms with van der Waals surface area (Å²) in [6.45, 7) is 0.413. The van der Waals surface area contributed by atoms with E-state index in [-0.39, 0.29) is 0 Å². The summed E-state index contributed by atoms with van der Waals surface area (Å²) in [5.41, 5.74) is 19.3. The average Bonchev–Trinajstić information content (AvgIpc) is 3.23. The molecule has 2 aliphatic carbocycles. The van der Waals surface area contributed by atoms with Crippen LogP contribution >= 0.6 is 0 Å². The van der Waals surface area contributed by atoms with Gasteiger partial charge in [-0.3, -0.25) is 0 Å². The molecule has 0 radical (unpaired) electrons. The average molecular weight is 345 g/mol. The van der Waals surface area contributed by atoms with Gasteiger partial charge in [0.15, 0.2) is 0 Å². The van der Waals surface area contributed by atoms with E-state index in [1.807, 2.05) is 6.20 Å². The van der Waals surface area contributed by atoms with Gasteiger partial charge in [-0.1, -0.05) is 49.3 Å². The molecule has 4 N–H and O–H groups in total. The molecule has 4 rings (SSSR count). The first-order chi connectivity index (χ1) is 12.8. The molecule has 1 saturated carbocycles. The number of aromatic nitrogens is 1. The number of anilines is 1. The zero-order chi connectivity index (χ0) is 17.9. The highest BCUT2D eigenvalue weighted by Crippen LogP contribution is 2.38. The maximum absolute atomic E-state index is 5.94. The molecule has 0 saturated heterocycles. The maximum Gasteiger partial charge on any atom is 0.127 e. The van der Waals surface area contributed by atoms with Crippen molar-refractivity contribution in [3.8, 4) is 0 Å². The molecule has 26 heavy (non-hydrogen) atoms. The maximum atomic E-state index is 5.94. The number of nitrogens with zero attached hydrogens (tertiary/aromatic N) is 1. The lowest BCUT2D eigenvalue weighted by Gasteiger charge is -2.19. The molecule has 2 aliphatic rings. The van der Waals surface area contributed by atoms with Crippen LogP contribution < -0.4 is 11.5 Å². The highest BCUT2D eigenvalue weighted by atomic mass is 14.8. The second-order valence-corrected chi connectivity index (χ2v) is 7.41. The minimum atomic E-state index is 0.413. The summed E-state index contributed by atoms with van der Waals surface area (Å²) in [4.78, 5) is 4.36. The third-order valence-corrected chi connectivity index (χ3v) is 5.76. The van der Waals surface area contributed by atoms with Crippen LogP contribution in [0.1, 0.15) is 66.7 Å². The zero-order valence-corrected chi connectivity index (χ0v) is 15.2. The molecular weight excluding hydrogens is 318 g/mol. The van der Waals surface area contributed by atoms with Gasteiger partial charge in [-0.2, -0.15) is 0 Å². The van der Waals surface area contributed by atoms with E-state index in [1.165, 1.54) is 48.0 Å². The molecular formula is C23H27N3. The van der Waals surface area contributed by atoms with E-state index in [2.05, 4.69) is 47.5 Å². The summed E-state index contributed by atoms with van der Waals surface area (Å²) < 4.78 is 0. The molecule has 0 unspecified atom stereocenters. The van der Waals surface area contributed by atoms with Crippen LogP contribution in [0.15, 0.2) is 48.7 Å². The number of pyridine rings is 1. The van der Waals surface area contributed by atoms with Gasteiger partial charge in [0.1, 0.15) is 5.82 Å². The summed E-state index contributed by atoms with van der Waals surface area (Å²) >= 11 is 0. The van der Waals surface area contributed by atoms with Crippen molar-refractivity contribution in [2.75, 3.05) is 5.73 Å². The van der Waals surface area contributed by atoms with Crippen molar-refractivity contribution >= 4 is 17.0 Å². The summed E-state index contributed by atoms with van der Waals surface area (Å²) in [5.74, 6) is 1.27. The van der Waals surface area contributed by atoms with Crippen LogP contribution in [-0.2, 0) is 6.54 Å². The topological polar surface area (TPSA) is 64.9 Å². The van der Waals surface area contributed by atoms with Gasteiger partial charge in [-0.15, -0.1) is 0 Å². The predicted molar refractivity (Wildman–Crippen MR) is 109 cm³/mol. The molecule has 3 heteroatoms. The lowest BCUT2D eigenvalue weighted by atomic mass is 9.86. The molecule has 1 aromatic heterocycles. The highest BCUT2D eigenvalue weighted by molar-refractivity contribution is 5.96. The number of rotatable bonds is 4. The Labute approximate surface area is 155 Å². The second kappa shape index (κ2) is 7.46. The Morgan fingerprint density at radius 1 is 1.08 bits per heavy atom. The number of hydrogen-bond acceptors (Lipinski definition) is 3. The number of benzene rings is 1. The molecule has 2 aromatic rings. The first-order valence-electron chi connectivity index (χ1n) is 9.71. The summed E-state index contributed by atoms with van der Waals surface area (Å²) in [7, 11) is 0.